The van der Waals surface area contributed by atoms with Gasteiger partial charge in [0.1, 0.15) is 18.0 Å². The van der Waals surface area contributed by atoms with Crippen LogP contribution in [0.3, 0.4) is 0 Å². The first-order valence-corrected chi connectivity index (χ1v) is 10.9. The molecule has 2 saturated heterocycles. The number of β-amino-alcohol motifs (C(OH)–C–C–N with tert-alkyl or cyclic N) is 1. The normalized spacial score (nSPS) is 25.4. The number of hydrogen-bond donors (Lipinski definition) is 4. The molecule has 0 aromatic heterocycles. The molecule has 2 fully saturated rings. The summed E-state index contributed by atoms with van der Waals surface area (Å²) in [5, 5.41) is 19.7. The minimum absolute atomic E-state index is 0.145. The number of aliphatic hydroxyl groups is 1. The average Bonchev–Trinajstić information content (AvgIpc) is 3.45. The molecule has 7 nitrogen and oxygen atoms in total. The van der Waals surface area contributed by atoms with E-state index in [0.29, 0.717) is 25.4 Å². The van der Waals surface area contributed by atoms with Crippen LogP contribution in [0, 0.1) is 0 Å². The number of rotatable bonds is 7. The standard InChI is InChI=1S/C24H31N3O4/c1-30-20-8-4-16(5-9-20)12-21-23(22(28)15-26-21)31-24(29)27-13-17-2-6-18(7-3-17)19-10-11-25-14-19/h2-9,19,21-23,25-26,28H,10-15H2,1H3,(H,27,29)/t19?,21-,22+,23?/m1/s1. The van der Waals surface area contributed by atoms with E-state index >= 15 is 0 Å². The molecule has 4 rings (SSSR count). The number of aliphatic hydroxyl groups excluding tert-OH is 1. The first-order valence-electron chi connectivity index (χ1n) is 10.9. The zero-order valence-corrected chi connectivity index (χ0v) is 17.8. The molecular weight excluding hydrogens is 394 g/mol. The van der Waals surface area contributed by atoms with Gasteiger partial charge in [-0.25, -0.2) is 4.79 Å². The van der Waals surface area contributed by atoms with Gasteiger partial charge in [0, 0.05) is 19.6 Å². The van der Waals surface area contributed by atoms with Crippen LogP contribution in [0.5, 0.6) is 5.75 Å². The lowest BCUT2D eigenvalue weighted by Crippen LogP contribution is -2.41. The predicted molar refractivity (Wildman–Crippen MR) is 118 cm³/mol. The van der Waals surface area contributed by atoms with E-state index < -0.39 is 18.3 Å². The highest BCUT2D eigenvalue weighted by molar-refractivity contribution is 5.67. The lowest BCUT2D eigenvalue weighted by Gasteiger charge is -2.22. The van der Waals surface area contributed by atoms with Gasteiger partial charge in [-0.2, -0.15) is 0 Å². The summed E-state index contributed by atoms with van der Waals surface area (Å²) in [6.07, 6.45) is -0.0280. The molecule has 1 amide bonds. The summed E-state index contributed by atoms with van der Waals surface area (Å²) >= 11 is 0. The molecule has 0 aliphatic carbocycles. The van der Waals surface area contributed by atoms with Gasteiger partial charge in [-0.1, -0.05) is 36.4 Å². The van der Waals surface area contributed by atoms with Gasteiger partial charge in [0.25, 0.3) is 0 Å². The van der Waals surface area contributed by atoms with Gasteiger partial charge in [-0.05, 0) is 54.1 Å². The summed E-state index contributed by atoms with van der Waals surface area (Å²) in [6.45, 7) is 2.89. The Kier molecular flexibility index (Phi) is 7.06. The molecule has 166 valence electrons. The summed E-state index contributed by atoms with van der Waals surface area (Å²) in [4.78, 5) is 12.4. The predicted octanol–water partition coefficient (Wildman–Crippen LogP) is 1.94. The highest BCUT2D eigenvalue weighted by Gasteiger charge is 2.37. The zero-order valence-electron chi connectivity index (χ0n) is 17.8. The molecule has 2 aromatic rings. The van der Waals surface area contributed by atoms with E-state index in [1.807, 2.05) is 36.4 Å². The minimum atomic E-state index is -0.728. The highest BCUT2D eigenvalue weighted by Crippen LogP contribution is 2.23. The second kappa shape index (κ2) is 10.1. The smallest absolute Gasteiger partial charge is 0.407 e. The van der Waals surface area contributed by atoms with Crippen molar-refractivity contribution in [3.63, 3.8) is 0 Å². The van der Waals surface area contributed by atoms with Crippen molar-refractivity contribution in [3.05, 3.63) is 65.2 Å². The first-order chi connectivity index (χ1) is 15.1. The van der Waals surface area contributed by atoms with Gasteiger partial charge >= 0.3 is 6.09 Å². The fourth-order valence-electron chi connectivity index (χ4n) is 4.32. The van der Waals surface area contributed by atoms with Crippen molar-refractivity contribution in [1.29, 1.82) is 0 Å². The van der Waals surface area contributed by atoms with E-state index in [4.69, 9.17) is 9.47 Å². The van der Waals surface area contributed by atoms with Crippen LogP contribution in [-0.4, -0.2) is 56.2 Å². The van der Waals surface area contributed by atoms with Gasteiger partial charge in [0.15, 0.2) is 0 Å². The summed E-state index contributed by atoms with van der Waals surface area (Å²) in [5.74, 6) is 1.37. The number of nitrogens with one attached hydrogen (secondary N) is 3. The van der Waals surface area contributed by atoms with E-state index in [0.717, 1.165) is 30.0 Å². The van der Waals surface area contributed by atoms with Crippen LogP contribution in [-0.2, 0) is 17.7 Å². The zero-order chi connectivity index (χ0) is 21.6. The van der Waals surface area contributed by atoms with Crippen LogP contribution >= 0.6 is 0 Å². The molecule has 31 heavy (non-hydrogen) atoms. The quantitative estimate of drug-likeness (QED) is 0.542. The molecule has 0 radical (unpaired) electrons. The maximum Gasteiger partial charge on any atom is 0.407 e. The number of carbonyl (C=O) groups is 1. The first kappa shape index (κ1) is 21.6. The molecule has 0 spiro atoms. The van der Waals surface area contributed by atoms with Gasteiger partial charge in [-0.15, -0.1) is 0 Å². The Balaban J connectivity index is 1.28. The largest absolute Gasteiger partial charge is 0.497 e. The number of ether oxygens (including phenoxy) is 2. The van der Waals surface area contributed by atoms with Crippen molar-refractivity contribution >= 4 is 6.09 Å². The Bertz CT molecular complexity index is 850. The Morgan fingerprint density at radius 3 is 2.52 bits per heavy atom. The summed E-state index contributed by atoms with van der Waals surface area (Å²) in [6, 6.07) is 16.0. The van der Waals surface area contributed by atoms with Crippen molar-refractivity contribution < 1.29 is 19.4 Å². The summed E-state index contributed by atoms with van der Waals surface area (Å²) in [7, 11) is 1.63. The van der Waals surface area contributed by atoms with Crippen molar-refractivity contribution in [3.8, 4) is 5.75 Å². The van der Waals surface area contributed by atoms with Crippen molar-refractivity contribution in [2.75, 3.05) is 26.7 Å². The lowest BCUT2D eigenvalue weighted by molar-refractivity contribution is 0.0188. The van der Waals surface area contributed by atoms with E-state index in [2.05, 4.69) is 28.1 Å². The molecule has 2 unspecified atom stereocenters. The monoisotopic (exact) mass is 425 g/mol. The number of methoxy groups -OCH3 is 1. The fraction of sp³-hybridized carbons (Fsp3) is 0.458. The second-order valence-electron chi connectivity index (χ2n) is 8.29. The molecule has 4 N–H and O–H groups in total. The van der Waals surface area contributed by atoms with Crippen LogP contribution in [0.2, 0.25) is 0 Å². The Morgan fingerprint density at radius 1 is 1.10 bits per heavy atom. The Hall–Kier alpha value is -2.61. The molecule has 2 aromatic carbocycles. The van der Waals surface area contributed by atoms with Crippen molar-refractivity contribution in [2.24, 2.45) is 0 Å². The number of benzene rings is 2. The molecule has 0 saturated carbocycles. The number of hydrogen-bond acceptors (Lipinski definition) is 6. The fourth-order valence-corrected chi connectivity index (χ4v) is 4.32. The van der Waals surface area contributed by atoms with E-state index in [1.165, 1.54) is 12.0 Å². The van der Waals surface area contributed by atoms with Crippen LogP contribution in [0.4, 0.5) is 4.79 Å². The number of alkyl carbamates (subject to hydrolysis) is 1. The number of amides is 1. The van der Waals surface area contributed by atoms with E-state index in [1.54, 1.807) is 7.11 Å². The molecular formula is C24H31N3O4. The highest BCUT2D eigenvalue weighted by atomic mass is 16.6. The summed E-state index contributed by atoms with van der Waals surface area (Å²) < 4.78 is 10.8. The maximum absolute atomic E-state index is 12.4. The molecule has 7 heteroatoms. The molecule has 0 bridgehead atoms. The van der Waals surface area contributed by atoms with E-state index in [9.17, 15) is 9.90 Å². The van der Waals surface area contributed by atoms with Crippen LogP contribution < -0.4 is 20.7 Å². The Morgan fingerprint density at radius 2 is 1.84 bits per heavy atom. The summed E-state index contributed by atoms with van der Waals surface area (Å²) in [5.41, 5.74) is 3.43. The third-order valence-electron chi connectivity index (χ3n) is 6.17. The van der Waals surface area contributed by atoms with E-state index in [-0.39, 0.29) is 6.04 Å². The average molecular weight is 426 g/mol. The SMILES string of the molecule is COc1ccc(C[C@H]2NC[C@H](O)C2OC(=O)NCc2ccc(C3CCNC3)cc2)cc1. The van der Waals surface area contributed by atoms with Crippen LogP contribution in [0.15, 0.2) is 48.5 Å². The van der Waals surface area contributed by atoms with Gasteiger partial charge in [-0.3, -0.25) is 0 Å². The third kappa shape index (κ3) is 5.55. The molecule has 2 heterocycles. The van der Waals surface area contributed by atoms with Crippen LogP contribution in [0.1, 0.15) is 29.0 Å². The third-order valence-corrected chi connectivity index (χ3v) is 6.17. The second-order valence-corrected chi connectivity index (χ2v) is 8.29. The van der Waals surface area contributed by atoms with Crippen molar-refractivity contribution in [2.45, 2.75) is 43.6 Å². The number of carbonyl (C=O) groups excluding carboxylic acids is 1. The molecule has 2 aliphatic heterocycles. The van der Waals surface area contributed by atoms with Gasteiger partial charge in [0.05, 0.1) is 13.2 Å². The van der Waals surface area contributed by atoms with Gasteiger partial charge in [0.2, 0.25) is 0 Å². The molecule has 2 aliphatic rings. The minimum Gasteiger partial charge on any atom is -0.497 e. The molecule has 4 atom stereocenters. The van der Waals surface area contributed by atoms with Gasteiger partial charge < -0.3 is 30.5 Å². The van der Waals surface area contributed by atoms with Crippen molar-refractivity contribution in [1.82, 2.24) is 16.0 Å². The Labute approximate surface area is 183 Å². The topological polar surface area (TPSA) is 91.8 Å². The maximum atomic E-state index is 12.4. The lowest BCUT2D eigenvalue weighted by atomic mass is 9.97. The van der Waals surface area contributed by atoms with Crippen LogP contribution in [0.25, 0.3) is 0 Å².